The van der Waals surface area contributed by atoms with Crippen molar-refractivity contribution in [2.45, 2.75) is 44.9 Å². The van der Waals surface area contributed by atoms with Crippen molar-refractivity contribution in [3.63, 3.8) is 0 Å². The average molecular weight is 304 g/mol. The first-order valence-electron chi connectivity index (χ1n) is 6.27. The highest BCUT2D eigenvalue weighted by molar-refractivity contribution is 7.80. The lowest BCUT2D eigenvalue weighted by molar-refractivity contribution is -0.141. The van der Waals surface area contributed by atoms with Crippen LogP contribution in [-0.4, -0.2) is 63.0 Å². The lowest BCUT2D eigenvalue weighted by atomic mass is 10.2. The van der Waals surface area contributed by atoms with Crippen LogP contribution >= 0.6 is 12.2 Å². The van der Waals surface area contributed by atoms with Gasteiger partial charge in [-0.15, -0.1) is 0 Å². The molecule has 0 radical (unpaired) electrons. The van der Waals surface area contributed by atoms with Crippen molar-refractivity contribution in [3.8, 4) is 0 Å². The molecule has 1 saturated heterocycles. The lowest BCUT2D eigenvalue weighted by Gasteiger charge is -2.25. The summed E-state index contributed by atoms with van der Waals surface area (Å²) in [6, 6.07) is -0.849. The Hall–Kier alpha value is -1.41. The predicted molar refractivity (Wildman–Crippen MR) is 75.6 cm³/mol. The van der Waals surface area contributed by atoms with Gasteiger partial charge < -0.3 is 25.2 Å². The van der Waals surface area contributed by atoms with Crippen LogP contribution in [0.2, 0.25) is 0 Å². The standard InChI is InChI=1S/C12H20N2O5S/c1-12(2,3)19-11(18)13-5-9(20)14-6-7(15)4-8(14)10(16)17/h7-8,15H,4-6H2,1-3H3,(H,13,18)(H,16,17)/t7-,8+/m1/s1. The normalized spacial score (nSPS) is 22.5. The quantitative estimate of drug-likeness (QED) is 0.647. The van der Waals surface area contributed by atoms with Gasteiger partial charge in [0.2, 0.25) is 0 Å². The summed E-state index contributed by atoms with van der Waals surface area (Å²) < 4.78 is 5.05. The molecule has 0 bridgehead atoms. The van der Waals surface area contributed by atoms with Crippen LogP contribution < -0.4 is 5.32 Å². The summed E-state index contributed by atoms with van der Waals surface area (Å²) in [6.07, 6.45) is -1.22. The third-order valence-corrected chi connectivity index (χ3v) is 3.05. The molecule has 8 heteroatoms. The van der Waals surface area contributed by atoms with Crippen LogP contribution in [0, 0.1) is 0 Å². The Labute approximate surface area is 122 Å². The van der Waals surface area contributed by atoms with Gasteiger partial charge in [0.1, 0.15) is 11.6 Å². The van der Waals surface area contributed by atoms with E-state index in [1.165, 1.54) is 4.90 Å². The minimum atomic E-state index is -1.04. The van der Waals surface area contributed by atoms with E-state index >= 15 is 0 Å². The zero-order valence-corrected chi connectivity index (χ0v) is 12.6. The molecule has 0 aromatic carbocycles. The van der Waals surface area contributed by atoms with Gasteiger partial charge in [0.15, 0.2) is 0 Å². The highest BCUT2D eigenvalue weighted by atomic mass is 32.1. The molecule has 0 spiro atoms. The number of β-amino-alcohol motifs (C(OH)–C–C–N with tert-alkyl or cyclic N) is 1. The number of rotatable bonds is 3. The smallest absolute Gasteiger partial charge is 0.408 e. The van der Waals surface area contributed by atoms with Crippen molar-refractivity contribution >= 4 is 29.3 Å². The minimum absolute atomic E-state index is 0.000741. The molecule has 20 heavy (non-hydrogen) atoms. The van der Waals surface area contributed by atoms with E-state index < -0.39 is 29.8 Å². The Morgan fingerprint density at radius 1 is 1.45 bits per heavy atom. The number of likely N-dealkylation sites (tertiary alicyclic amines) is 1. The summed E-state index contributed by atoms with van der Waals surface area (Å²) in [6.45, 7) is 5.37. The van der Waals surface area contributed by atoms with Gasteiger partial charge in [0.25, 0.3) is 0 Å². The van der Waals surface area contributed by atoms with Crippen LogP contribution in [0.15, 0.2) is 0 Å². The number of alkyl carbamates (subject to hydrolysis) is 1. The second kappa shape index (κ2) is 6.36. The van der Waals surface area contributed by atoms with Crippen molar-refractivity contribution in [2.24, 2.45) is 0 Å². The van der Waals surface area contributed by atoms with Crippen LogP contribution in [0.5, 0.6) is 0 Å². The van der Waals surface area contributed by atoms with Gasteiger partial charge in [-0.25, -0.2) is 9.59 Å². The van der Waals surface area contributed by atoms with E-state index in [1.54, 1.807) is 20.8 Å². The second-order valence-electron chi connectivity index (χ2n) is 5.65. The van der Waals surface area contributed by atoms with Crippen LogP contribution in [0.1, 0.15) is 27.2 Å². The molecular weight excluding hydrogens is 284 g/mol. The van der Waals surface area contributed by atoms with E-state index in [4.69, 9.17) is 22.1 Å². The molecule has 0 unspecified atom stereocenters. The van der Waals surface area contributed by atoms with Gasteiger partial charge in [-0.05, 0) is 20.8 Å². The maximum Gasteiger partial charge on any atom is 0.408 e. The number of ether oxygens (including phenoxy) is 1. The average Bonchev–Trinajstić information content (AvgIpc) is 2.66. The molecule has 114 valence electrons. The maximum atomic E-state index is 11.5. The molecule has 0 aromatic rings. The highest BCUT2D eigenvalue weighted by Crippen LogP contribution is 2.18. The number of thiocarbonyl (C=S) groups is 1. The van der Waals surface area contributed by atoms with Crippen molar-refractivity contribution < 1.29 is 24.5 Å². The molecule has 1 amide bonds. The van der Waals surface area contributed by atoms with Gasteiger partial charge in [0.05, 0.1) is 17.6 Å². The summed E-state index contributed by atoms with van der Waals surface area (Å²) in [4.78, 5) is 24.2. The summed E-state index contributed by atoms with van der Waals surface area (Å²) in [5.41, 5.74) is -0.612. The molecule has 1 heterocycles. The van der Waals surface area contributed by atoms with E-state index in [9.17, 15) is 14.7 Å². The van der Waals surface area contributed by atoms with Crippen LogP contribution in [0.3, 0.4) is 0 Å². The minimum Gasteiger partial charge on any atom is -0.480 e. The van der Waals surface area contributed by atoms with E-state index in [-0.39, 0.29) is 24.5 Å². The number of hydrogen-bond acceptors (Lipinski definition) is 5. The maximum absolute atomic E-state index is 11.5. The number of carbonyl (C=O) groups excluding carboxylic acids is 1. The fourth-order valence-corrected chi connectivity index (χ4v) is 2.16. The third-order valence-electron chi connectivity index (χ3n) is 2.67. The number of amides is 1. The molecule has 1 rings (SSSR count). The number of carboxylic acids is 1. The first-order valence-corrected chi connectivity index (χ1v) is 6.68. The molecule has 1 aliphatic heterocycles. The second-order valence-corrected chi connectivity index (χ2v) is 6.12. The Kier molecular flexibility index (Phi) is 5.29. The fraction of sp³-hybridized carbons (Fsp3) is 0.750. The number of carboxylic acid groups (broad SMARTS) is 1. The highest BCUT2D eigenvalue weighted by Gasteiger charge is 2.37. The summed E-state index contributed by atoms with van der Waals surface area (Å²) in [5.74, 6) is -1.04. The van der Waals surface area contributed by atoms with Crippen LogP contribution in [0.4, 0.5) is 4.79 Å². The Bertz CT molecular complexity index is 407. The van der Waals surface area contributed by atoms with E-state index in [0.717, 1.165) is 0 Å². The van der Waals surface area contributed by atoms with Gasteiger partial charge in [-0.3, -0.25) is 0 Å². The van der Waals surface area contributed by atoms with Crippen molar-refractivity contribution in [1.29, 1.82) is 0 Å². The molecule has 0 aliphatic carbocycles. The third kappa shape index (κ3) is 4.93. The molecule has 1 aliphatic rings. The van der Waals surface area contributed by atoms with Crippen molar-refractivity contribution in [2.75, 3.05) is 13.1 Å². The van der Waals surface area contributed by atoms with Crippen molar-refractivity contribution in [3.05, 3.63) is 0 Å². The zero-order chi connectivity index (χ0) is 15.5. The van der Waals surface area contributed by atoms with E-state index in [1.807, 2.05) is 0 Å². The van der Waals surface area contributed by atoms with Gasteiger partial charge in [-0.2, -0.15) is 0 Å². The van der Waals surface area contributed by atoms with E-state index in [2.05, 4.69) is 5.32 Å². The Balaban J connectivity index is 2.50. The fourth-order valence-electron chi connectivity index (χ4n) is 1.89. The molecule has 1 fully saturated rings. The number of nitrogens with one attached hydrogen (secondary N) is 1. The largest absolute Gasteiger partial charge is 0.480 e. The number of nitrogens with zero attached hydrogens (tertiary/aromatic N) is 1. The number of hydrogen-bond donors (Lipinski definition) is 3. The Morgan fingerprint density at radius 2 is 2.05 bits per heavy atom. The summed E-state index contributed by atoms with van der Waals surface area (Å²) >= 11 is 5.10. The molecule has 0 saturated carbocycles. The SMILES string of the molecule is CC(C)(C)OC(=O)NCC(=S)N1C[C@H](O)C[C@H]1C(=O)O. The molecule has 2 atom stereocenters. The number of aliphatic hydroxyl groups is 1. The molecule has 3 N–H and O–H groups in total. The summed E-state index contributed by atoms with van der Waals surface area (Å²) in [7, 11) is 0. The van der Waals surface area contributed by atoms with Gasteiger partial charge in [-0.1, -0.05) is 12.2 Å². The number of aliphatic carboxylic acids is 1. The topological polar surface area (TPSA) is 99.1 Å². The first kappa shape index (κ1) is 16.6. The van der Waals surface area contributed by atoms with Crippen molar-refractivity contribution in [1.82, 2.24) is 10.2 Å². The van der Waals surface area contributed by atoms with E-state index in [0.29, 0.717) is 0 Å². The van der Waals surface area contributed by atoms with Crippen LogP contribution in [0.25, 0.3) is 0 Å². The zero-order valence-electron chi connectivity index (χ0n) is 11.8. The van der Waals surface area contributed by atoms with Gasteiger partial charge >= 0.3 is 12.1 Å². The molecular formula is C12H20N2O5S. The van der Waals surface area contributed by atoms with Gasteiger partial charge in [0, 0.05) is 13.0 Å². The number of aliphatic hydroxyl groups excluding tert-OH is 1. The molecule has 0 aromatic heterocycles. The Morgan fingerprint density at radius 3 is 2.55 bits per heavy atom. The first-order chi connectivity index (χ1) is 9.10. The van der Waals surface area contributed by atoms with Crippen LogP contribution in [-0.2, 0) is 9.53 Å². The molecule has 7 nitrogen and oxygen atoms in total. The monoisotopic (exact) mass is 304 g/mol. The lowest BCUT2D eigenvalue weighted by Crippen LogP contribution is -2.45. The number of carbonyl (C=O) groups is 2. The summed E-state index contributed by atoms with van der Waals surface area (Å²) in [5, 5.41) is 21.0. The predicted octanol–water partition coefficient (Wildman–Crippen LogP) is 0.358.